The summed E-state index contributed by atoms with van der Waals surface area (Å²) in [5, 5.41) is 5.26. The summed E-state index contributed by atoms with van der Waals surface area (Å²) in [5.41, 5.74) is 1.36. The molecule has 0 aromatic heterocycles. The van der Waals surface area contributed by atoms with Crippen molar-refractivity contribution in [1.29, 1.82) is 0 Å². The number of carbonyl (C=O) groups excluding carboxylic acids is 3. The van der Waals surface area contributed by atoms with E-state index in [-0.39, 0.29) is 12.5 Å². The fourth-order valence-electron chi connectivity index (χ4n) is 2.71. The van der Waals surface area contributed by atoms with Crippen LogP contribution in [-0.4, -0.2) is 37.0 Å². The number of nitrogens with one attached hydrogen (secondary N) is 2. The third kappa shape index (κ3) is 8.50. The maximum Gasteiger partial charge on any atom is 0.326 e. The number of ether oxygens (including phenoxy) is 2. The Balaban J connectivity index is 1.76. The van der Waals surface area contributed by atoms with Crippen LogP contribution in [0.5, 0.6) is 5.75 Å². The van der Waals surface area contributed by atoms with E-state index in [0.29, 0.717) is 30.9 Å². The number of hydrogen-bond donors (Lipinski definition) is 2. The normalized spacial score (nSPS) is 11.3. The van der Waals surface area contributed by atoms with Gasteiger partial charge in [0.25, 0.3) is 11.8 Å². The summed E-state index contributed by atoms with van der Waals surface area (Å²) >= 11 is 0. The summed E-state index contributed by atoms with van der Waals surface area (Å²) in [7, 11) is 0. The van der Waals surface area contributed by atoms with E-state index in [4.69, 9.17) is 9.47 Å². The Morgan fingerprint density at radius 2 is 1.65 bits per heavy atom. The SMILES string of the molecule is CCCCOc1ccc(C(=O)NCC(=O)OC(CC)C(=O)NCc2ccccc2)cc1. The van der Waals surface area contributed by atoms with Crippen molar-refractivity contribution in [3.63, 3.8) is 0 Å². The lowest BCUT2D eigenvalue weighted by atomic mass is 10.2. The van der Waals surface area contributed by atoms with Crippen molar-refractivity contribution in [2.45, 2.75) is 45.8 Å². The summed E-state index contributed by atoms with van der Waals surface area (Å²) in [5.74, 6) is -0.755. The highest BCUT2D eigenvalue weighted by Gasteiger charge is 2.21. The molecule has 0 spiro atoms. The largest absolute Gasteiger partial charge is 0.494 e. The number of unbranched alkanes of at least 4 members (excludes halogenated alkanes) is 1. The molecule has 7 nitrogen and oxygen atoms in total. The molecule has 1 unspecified atom stereocenters. The molecule has 7 heteroatoms. The summed E-state index contributed by atoms with van der Waals surface area (Å²) < 4.78 is 10.8. The second-order valence-corrected chi connectivity index (χ2v) is 7.00. The molecule has 0 radical (unpaired) electrons. The molecule has 166 valence electrons. The molecular formula is C24H30N2O5. The summed E-state index contributed by atoms with van der Waals surface area (Å²) in [6.45, 7) is 4.49. The lowest BCUT2D eigenvalue weighted by Gasteiger charge is -2.16. The van der Waals surface area contributed by atoms with E-state index in [0.717, 1.165) is 18.4 Å². The number of esters is 1. The van der Waals surface area contributed by atoms with E-state index < -0.39 is 18.0 Å². The molecule has 0 aliphatic carbocycles. The van der Waals surface area contributed by atoms with Crippen LogP contribution in [0.3, 0.4) is 0 Å². The molecule has 2 N–H and O–H groups in total. The monoisotopic (exact) mass is 426 g/mol. The minimum absolute atomic E-state index is 0.323. The minimum atomic E-state index is -0.910. The molecule has 0 fully saturated rings. The van der Waals surface area contributed by atoms with Crippen molar-refractivity contribution < 1.29 is 23.9 Å². The summed E-state index contributed by atoms with van der Waals surface area (Å²) in [6.07, 6.45) is 1.44. The molecule has 0 aliphatic rings. The Morgan fingerprint density at radius 3 is 2.29 bits per heavy atom. The van der Waals surface area contributed by atoms with Crippen LogP contribution in [0.25, 0.3) is 0 Å². The highest BCUT2D eigenvalue weighted by molar-refractivity contribution is 5.96. The summed E-state index contributed by atoms with van der Waals surface area (Å²) in [4.78, 5) is 36.6. The van der Waals surface area contributed by atoms with Gasteiger partial charge in [-0.3, -0.25) is 14.4 Å². The quantitative estimate of drug-likeness (QED) is 0.401. The maximum atomic E-state index is 12.3. The first-order valence-electron chi connectivity index (χ1n) is 10.6. The Labute approximate surface area is 183 Å². The van der Waals surface area contributed by atoms with Crippen LogP contribution in [0.2, 0.25) is 0 Å². The van der Waals surface area contributed by atoms with Crippen LogP contribution in [-0.2, 0) is 20.9 Å². The second-order valence-electron chi connectivity index (χ2n) is 7.00. The second kappa shape index (κ2) is 13.1. The Bertz CT molecular complexity index is 837. The van der Waals surface area contributed by atoms with Crippen LogP contribution in [0, 0.1) is 0 Å². The number of rotatable bonds is 12. The highest BCUT2D eigenvalue weighted by Crippen LogP contribution is 2.12. The molecular weight excluding hydrogens is 396 g/mol. The van der Waals surface area contributed by atoms with Gasteiger partial charge in [-0.15, -0.1) is 0 Å². The van der Waals surface area contributed by atoms with Crippen molar-refractivity contribution in [1.82, 2.24) is 10.6 Å². The van der Waals surface area contributed by atoms with Crippen molar-refractivity contribution >= 4 is 17.8 Å². The average molecular weight is 427 g/mol. The Morgan fingerprint density at radius 1 is 0.935 bits per heavy atom. The van der Waals surface area contributed by atoms with Crippen molar-refractivity contribution in [2.75, 3.05) is 13.2 Å². The zero-order chi connectivity index (χ0) is 22.5. The molecule has 2 amide bonds. The van der Waals surface area contributed by atoms with E-state index in [9.17, 15) is 14.4 Å². The smallest absolute Gasteiger partial charge is 0.326 e. The van der Waals surface area contributed by atoms with Crippen molar-refractivity contribution in [2.24, 2.45) is 0 Å². The van der Waals surface area contributed by atoms with Gasteiger partial charge in [-0.1, -0.05) is 50.6 Å². The zero-order valence-corrected chi connectivity index (χ0v) is 18.1. The molecule has 31 heavy (non-hydrogen) atoms. The first kappa shape index (κ1) is 23.9. The molecule has 0 aliphatic heterocycles. The van der Waals surface area contributed by atoms with E-state index in [2.05, 4.69) is 17.6 Å². The molecule has 2 aromatic rings. The lowest BCUT2D eigenvalue weighted by molar-refractivity contribution is -0.155. The molecule has 2 aromatic carbocycles. The van der Waals surface area contributed by atoms with E-state index in [1.807, 2.05) is 30.3 Å². The third-order valence-corrected chi connectivity index (χ3v) is 4.52. The Hall–Kier alpha value is -3.35. The van der Waals surface area contributed by atoms with E-state index in [1.165, 1.54) is 0 Å². The lowest BCUT2D eigenvalue weighted by Crippen LogP contribution is -2.39. The van der Waals surface area contributed by atoms with Crippen LogP contribution < -0.4 is 15.4 Å². The number of benzene rings is 2. The molecule has 0 saturated carbocycles. The predicted octanol–water partition coefficient (Wildman–Crippen LogP) is 3.23. The zero-order valence-electron chi connectivity index (χ0n) is 18.1. The van der Waals surface area contributed by atoms with Gasteiger partial charge in [0, 0.05) is 12.1 Å². The number of hydrogen-bond acceptors (Lipinski definition) is 5. The van der Waals surface area contributed by atoms with Gasteiger partial charge in [0.05, 0.1) is 6.61 Å². The maximum absolute atomic E-state index is 12.3. The fraction of sp³-hybridized carbons (Fsp3) is 0.375. The van der Waals surface area contributed by atoms with Gasteiger partial charge in [0.2, 0.25) is 0 Å². The van der Waals surface area contributed by atoms with Crippen LogP contribution in [0.15, 0.2) is 54.6 Å². The molecule has 0 saturated heterocycles. The molecule has 1 atom stereocenters. The van der Waals surface area contributed by atoms with Crippen LogP contribution in [0.1, 0.15) is 49.0 Å². The predicted molar refractivity (Wildman–Crippen MR) is 118 cm³/mol. The minimum Gasteiger partial charge on any atom is -0.494 e. The standard InChI is InChI=1S/C24H30N2O5/c1-3-5-15-30-20-13-11-19(12-14-20)23(28)26-17-22(27)31-21(4-2)24(29)25-16-18-9-7-6-8-10-18/h6-14,21H,3-5,15-17H2,1-2H3,(H,25,29)(H,26,28). The average Bonchev–Trinajstić information content (AvgIpc) is 2.80. The fourth-order valence-corrected chi connectivity index (χ4v) is 2.71. The highest BCUT2D eigenvalue weighted by atomic mass is 16.5. The first-order valence-corrected chi connectivity index (χ1v) is 10.6. The number of carbonyl (C=O) groups is 3. The third-order valence-electron chi connectivity index (χ3n) is 4.52. The summed E-state index contributed by atoms with van der Waals surface area (Å²) in [6, 6.07) is 16.1. The van der Waals surface area contributed by atoms with Gasteiger partial charge in [0.15, 0.2) is 6.10 Å². The van der Waals surface area contributed by atoms with Gasteiger partial charge in [0.1, 0.15) is 12.3 Å². The van der Waals surface area contributed by atoms with Gasteiger partial charge >= 0.3 is 5.97 Å². The molecule has 0 bridgehead atoms. The van der Waals surface area contributed by atoms with E-state index in [1.54, 1.807) is 31.2 Å². The topological polar surface area (TPSA) is 93.7 Å². The van der Waals surface area contributed by atoms with E-state index >= 15 is 0 Å². The van der Waals surface area contributed by atoms with Crippen molar-refractivity contribution in [3.8, 4) is 5.75 Å². The number of amides is 2. The van der Waals surface area contributed by atoms with Gasteiger partial charge < -0.3 is 20.1 Å². The van der Waals surface area contributed by atoms with Gasteiger partial charge in [-0.2, -0.15) is 0 Å². The first-order chi connectivity index (χ1) is 15.0. The Kier molecular flexibility index (Phi) is 10.1. The van der Waals surface area contributed by atoms with Crippen LogP contribution in [0.4, 0.5) is 0 Å². The van der Waals surface area contributed by atoms with Crippen molar-refractivity contribution in [3.05, 3.63) is 65.7 Å². The van der Waals surface area contributed by atoms with Gasteiger partial charge in [-0.05, 0) is 42.7 Å². The molecule has 2 rings (SSSR count). The van der Waals surface area contributed by atoms with Gasteiger partial charge in [-0.25, -0.2) is 0 Å². The molecule has 0 heterocycles. The van der Waals surface area contributed by atoms with Crippen LogP contribution >= 0.6 is 0 Å².